The van der Waals surface area contributed by atoms with E-state index in [0.717, 1.165) is 32.4 Å². The molecule has 2 amide bonds. The van der Waals surface area contributed by atoms with Crippen LogP contribution in [0.1, 0.15) is 25.7 Å². The van der Waals surface area contributed by atoms with Gasteiger partial charge in [-0.3, -0.25) is 9.59 Å². The number of hydrogen-bond donors (Lipinski definition) is 0. The van der Waals surface area contributed by atoms with Gasteiger partial charge in [-0.2, -0.15) is 0 Å². The van der Waals surface area contributed by atoms with Crippen molar-refractivity contribution in [2.24, 2.45) is 11.8 Å². The van der Waals surface area contributed by atoms with Gasteiger partial charge in [0.1, 0.15) is 11.5 Å². The molecule has 0 unspecified atom stereocenters. The van der Waals surface area contributed by atoms with E-state index < -0.39 is 0 Å². The summed E-state index contributed by atoms with van der Waals surface area (Å²) in [5.74, 6) is 0.468. The van der Waals surface area contributed by atoms with Crippen LogP contribution in [0, 0.1) is 11.8 Å². The normalized spacial score (nSPS) is 25.2. The Bertz CT molecular complexity index is 815. The van der Waals surface area contributed by atoms with Crippen LogP contribution in [0.3, 0.4) is 0 Å². The van der Waals surface area contributed by atoms with Crippen LogP contribution < -0.4 is 14.4 Å². The van der Waals surface area contributed by atoms with Crippen molar-refractivity contribution >= 4 is 17.5 Å². The standard InChI is InChI=1S/C22H28N2O5/c1-27-15-7-8-20(28-2)19(13-15)24-21(25)14-17(22(24)26)16-5-3-4-6-18(16)23-9-11-29-12-10-23/h6-8,13,16-17H,3-5,9-12,14H2,1-2H3/t16-,17+/m0/s1. The summed E-state index contributed by atoms with van der Waals surface area (Å²) in [6.07, 6.45) is 5.47. The number of imide groups is 1. The second-order valence-corrected chi connectivity index (χ2v) is 7.68. The molecule has 2 saturated heterocycles. The highest BCUT2D eigenvalue weighted by Crippen LogP contribution is 2.43. The average molecular weight is 400 g/mol. The number of morpholine rings is 1. The quantitative estimate of drug-likeness (QED) is 0.708. The monoisotopic (exact) mass is 400 g/mol. The highest BCUT2D eigenvalue weighted by Gasteiger charge is 2.46. The predicted octanol–water partition coefficient (Wildman–Crippen LogP) is 2.60. The number of carbonyl (C=O) groups excluding carboxylic acids is 2. The number of amides is 2. The van der Waals surface area contributed by atoms with Crippen molar-refractivity contribution in [2.45, 2.75) is 25.7 Å². The van der Waals surface area contributed by atoms with E-state index in [0.29, 0.717) is 30.4 Å². The van der Waals surface area contributed by atoms with E-state index >= 15 is 0 Å². The fourth-order valence-corrected chi connectivity index (χ4v) is 4.67. The molecule has 1 aliphatic carbocycles. The highest BCUT2D eigenvalue weighted by molar-refractivity contribution is 6.21. The van der Waals surface area contributed by atoms with Gasteiger partial charge in [0.15, 0.2) is 0 Å². The number of nitrogens with zero attached hydrogens (tertiary/aromatic N) is 2. The molecule has 156 valence electrons. The molecule has 2 heterocycles. The summed E-state index contributed by atoms with van der Waals surface area (Å²) < 4.78 is 16.2. The van der Waals surface area contributed by atoms with Crippen LogP contribution >= 0.6 is 0 Å². The minimum atomic E-state index is -0.340. The molecule has 29 heavy (non-hydrogen) atoms. The Morgan fingerprint density at radius 3 is 2.59 bits per heavy atom. The third-order valence-corrected chi connectivity index (χ3v) is 6.12. The maximum Gasteiger partial charge on any atom is 0.238 e. The summed E-state index contributed by atoms with van der Waals surface area (Å²) in [5, 5.41) is 0. The largest absolute Gasteiger partial charge is 0.497 e. The molecule has 2 atom stereocenters. The summed E-state index contributed by atoms with van der Waals surface area (Å²) in [5.41, 5.74) is 1.67. The number of benzene rings is 1. The van der Waals surface area contributed by atoms with Crippen molar-refractivity contribution in [3.63, 3.8) is 0 Å². The number of methoxy groups -OCH3 is 2. The zero-order valence-electron chi connectivity index (χ0n) is 17.1. The van der Waals surface area contributed by atoms with Crippen LogP contribution in [-0.4, -0.2) is 57.2 Å². The molecule has 0 bridgehead atoms. The first-order valence-corrected chi connectivity index (χ1v) is 10.3. The van der Waals surface area contributed by atoms with Gasteiger partial charge in [0.25, 0.3) is 0 Å². The lowest BCUT2D eigenvalue weighted by Crippen LogP contribution is -2.41. The minimum Gasteiger partial charge on any atom is -0.497 e. The zero-order valence-corrected chi connectivity index (χ0v) is 17.1. The van der Waals surface area contributed by atoms with Gasteiger partial charge in [-0.05, 0) is 31.4 Å². The Kier molecular flexibility index (Phi) is 5.76. The van der Waals surface area contributed by atoms with Crippen molar-refractivity contribution in [3.05, 3.63) is 30.0 Å². The Morgan fingerprint density at radius 1 is 1.07 bits per heavy atom. The van der Waals surface area contributed by atoms with Crippen LogP contribution in [0.5, 0.6) is 11.5 Å². The molecule has 0 saturated carbocycles. The molecule has 2 fully saturated rings. The Morgan fingerprint density at radius 2 is 1.86 bits per heavy atom. The van der Waals surface area contributed by atoms with Crippen LogP contribution in [-0.2, 0) is 14.3 Å². The number of anilines is 1. The second-order valence-electron chi connectivity index (χ2n) is 7.68. The first kappa shape index (κ1) is 19.8. The molecule has 1 aromatic rings. The highest BCUT2D eigenvalue weighted by atomic mass is 16.5. The fraction of sp³-hybridized carbons (Fsp3) is 0.545. The molecule has 7 heteroatoms. The number of rotatable bonds is 5. The smallest absolute Gasteiger partial charge is 0.238 e. The van der Waals surface area contributed by atoms with E-state index in [4.69, 9.17) is 14.2 Å². The van der Waals surface area contributed by atoms with Crippen molar-refractivity contribution in [1.29, 1.82) is 0 Å². The molecule has 4 rings (SSSR count). The maximum absolute atomic E-state index is 13.5. The lowest BCUT2D eigenvalue weighted by Gasteiger charge is -2.38. The van der Waals surface area contributed by atoms with Gasteiger partial charge >= 0.3 is 0 Å². The van der Waals surface area contributed by atoms with Gasteiger partial charge in [-0.25, -0.2) is 4.90 Å². The molecular formula is C22H28N2O5. The van der Waals surface area contributed by atoms with Crippen molar-refractivity contribution in [2.75, 3.05) is 45.4 Å². The van der Waals surface area contributed by atoms with E-state index in [1.165, 1.54) is 17.7 Å². The van der Waals surface area contributed by atoms with Gasteiger partial charge in [0.2, 0.25) is 11.8 Å². The molecule has 0 N–H and O–H groups in total. The second kappa shape index (κ2) is 8.45. The van der Waals surface area contributed by atoms with Gasteiger partial charge in [0, 0.05) is 37.2 Å². The Labute approximate surface area is 171 Å². The Hall–Kier alpha value is -2.54. The van der Waals surface area contributed by atoms with Crippen LogP contribution in [0.2, 0.25) is 0 Å². The van der Waals surface area contributed by atoms with Crippen LogP contribution in [0.25, 0.3) is 0 Å². The number of allylic oxidation sites excluding steroid dienone is 2. The molecule has 0 spiro atoms. The summed E-state index contributed by atoms with van der Waals surface area (Å²) in [4.78, 5) is 30.0. The summed E-state index contributed by atoms with van der Waals surface area (Å²) in [6, 6.07) is 5.17. The van der Waals surface area contributed by atoms with Gasteiger partial charge in [0.05, 0.1) is 39.0 Å². The number of hydrogen-bond acceptors (Lipinski definition) is 6. The minimum absolute atomic E-state index is 0.0694. The molecule has 2 aliphatic heterocycles. The average Bonchev–Trinajstić information content (AvgIpc) is 3.07. The molecular weight excluding hydrogens is 372 g/mol. The van der Waals surface area contributed by atoms with Crippen LogP contribution in [0.15, 0.2) is 30.0 Å². The van der Waals surface area contributed by atoms with E-state index in [9.17, 15) is 9.59 Å². The third kappa shape index (κ3) is 3.71. The zero-order chi connectivity index (χ0) is 20.4. The van der Waals surface area contributed by atoms with E-state index in [-0.39, 0.29) is 30.1 Å². The summed E-state index contributed by atoms with van der Waals surface area (Å²) >= 11 is 0. The van der Waals surface area contributed by atoms with Gasteiger partial charge < -0.3 is 19.1 Å². The van der Waals surface area contributed by atoms with Crippen LogP contribution in [0.4, 0.5) is 5.69 Å². The summed E-state index contributed by atoms with van der Waals surface area (Å²) in [7, 11) is 3.09. The molecule has 7 nitrogen and oxygen atoms in total. The third-order valence-electron chi connectivity index (χ3n) is 6.12. The number of carbonyl (C=O) groups is 2. The SMILES string of the molecule is COc1ccc(OC)c(N2C(=O)C[C@H]([C@@H]3CCCC=C3N3CCOCC3)C2=O)c1. The van der Waals surface area contributed by atoms with Crippen molar-refractivity contribution in [3.8, 4) is 11.5 Å². The fourth-order valence-electron chi connectivity index (χ4n) is 4.67. The van der Waals surface area contributed by atoms with E-state index in [1.54, 1.807) is 25.3 Å². The lowest BCUT2D eigenvalue weighted by atomic mass is 9.80. The molecule has 0 radical (unpaired) electrons. The lowest BCUT2D eigenvalue weighted by molar-refractivity contribution is -0.123. The Balaban J connectivity index is 1.62. The first-order valence-electron chi connectivity index (χ1n) is 10.3. The number of ether oxygens (including phenoxy) is 3. The summed E-state index contributed by atoms with van der Waals surface area (Å²) in [6.45, 7) is 3.08. The predicted molar refractivity (Wildman–Crippen MR) is 108 cm³/mol. The van der Waals surface area contributed by atoms with Gasteiger partial charge in [-0.1, -0.05) is 6.08 Å². The topological polar surface area (TPSA) is 68.3 Å². The molecule has 0 aromatic heterocycles. The van der Waals surface area contributed by atoms with Crippen molar-refractivity contribution < 1.29 is 23.8 Å². The maximum atomic E-state index is 13.5. The van der Waals surface area contributed by atoms with E-state index in [1.807, 2.05) is 0 Å². The van der Waals surface area contributed by atoms with Crippen molar-refractivity contribution in [1.82, 2.24) is 4.90 Å². The first-order chi connectivity index (χ1) is 14.1. The molecule has 1 aromatic carbocycles. The van der Waals surface area contributed by atoms with Gasteiger partial charge in [-0.15, -0.1) is 0 Å². The molecule has 3 aliphatic rings. The van der Waals surface area contributed by atoms with E-state index in [2.05, 4.69) is 11.0 Å².